The molecule has 0 spiro atoms. The molecule has 0 radical (unpaired) electrons. The van der Waals surface area contributed by atoms with E-state index in [0.29, 0.717) is 11.3 Å². The highest BCUT2D eigenvalue weighted by Gasteiger charge is 2.20. The van der Waals surface area contributed by atoms with Crippen LogP contribution in [-0.4, -0.2) is 30.7 Å². The van der Waals surface area contributed by atoms with E-state index in [2.05, 4.69) is 5.32 Å². The number of nitrogens with one attached hydrogen (secondary N) is 1. The molecular formula is C18H19NO5S. The van der Waals surface area contributed by atoms with Gasteiger partial charge in [-0.25, -0.2) is 8.42 Å². The second-order valence-electron chi connectivity index (χ2n) is 5.85. The highest BCUT2D eigenvalue weighted by atomic mass is 32.2. The summed E-state index contributed by atoms with van der Waals surface area (Å²) in [6.07, 6.45) is -0.147. The van der Waals surface area contributed by atoms with Gasteiger partial charge in [-0.2, -0.15) is 0 Å². The number of carboxylic acids is 1. The van der Waals surface area contributed by atoms with Crippen LogP contribution in [0.5, 0.6) is 0 Å². The minimum atomic E-state index is -3.47. The van der Waals surface area contributed by atoms with Gasteiger partial charge in [-0.3, -0.25) is 9.59 Å². The van der Waals surface area contributed by atoms with Gasteiger partial charge in [-0.15, -0.1) is 0 Å². The maximum atomic E-state index is 12.4. The molecule has 0 fully saturated rings. The van der Waals surface area contributed by atoms with Crippen molar-refractivity contribution in [1.29, 1.82) is 0 Å². The number of aliphatic carboxylic acids is 1. The molecule has 1 amide bonds. The summed E-state index contributed by atoms with van der Waals surface area (Å²) in [6.45, 7) is 3.16. The summed E-state index contributed by atoms with van der Waals surface area (Å²) in [4.78, 5) is 23.2. The van der Waals surface area contributed by atoms with Crippen LogP contribution in [0.2, 0.25) is 0 Å². The van der Waals surface area contributed by atoms with Crippen LogP contribution in [0.1, 0.15) is 29.8 Å². The zero-order valence-electron chi connectivity index (χ0n) is 13.9. The number of amides is 1. The molecule has 2 rings (SSSR count). The van der Waals surface area contributed by atoms with E-state index in [4.69, 9.17) is 5.11 Å². The smallest absolute Gasteiger partial charge is 0.307 e. The van der Waals surface area contributed by atoms with Crippen molar-refractivity contribution in [1.82, 2.24) is 0 Å². The Morgan fingerprint density at radius 3 is 2.40 bits per heavy atom. The molecule has 0 atom stereocenters. The SMILES string of the molecule is CC(C)S(=O)(=O)c1cccc(C(=O)Nc2cccc(CC(=O)O)c2)c1. The van der Waals surface area contributed by atoms with Crippen molar-refractivity contribution in [3.8, 4) is 0 Å². The number of benzene rings is 2. The summed E-state index contributed by atoms with van der Waals surface area (Å²) in [7, 11) is -3.47. The van der Waals surface area contributed by atoms with Crippen LogP contribution < -0.4 is 5.32 Å². The molecule has 0 aliphatic heterocycles. The number of anilines is 1. The van der Waals surface area contributed by atoms with Crippen molar-refractivity contribution < 1.29 is 23.1 Å². The molecule has 0 aromatic heterocycles. The van der Waals surface area contributed by atoms with Crippen molar-refractivity contribution >= 4 is 27.4 Å². The summed E-state index contributed by atoms with van der Waals surface area (Å²) in [5, 5.41) is 10.9. The summed E-state index contributed by atoms with van der Waals surface area (Å²) < 4.78 is 24.5. The lowest BCUT2D eigenvalue weighted by Crippen LogP contribution is -2.16. The van der Waals surface area contributed by atoms with Crippen molar-refractivity contribution in [3.05, 3.63) is 59.7 Å². The first-order chi connectivity index (χ1) is 11.7. The summed E-state index contributed by atoms with van der Waals surface area (Å²) in [5.41, 5.74) is 1.22. The lowest BCUT2D eigenvalue weighted by atomic mass is 10.1. The summed E-state index contributed by atoms with van der Waals surface area (Å²) in [6, 6.07) is 12.3. The van der Waals surface area contributed by atoms with Gasteiger partial charge in [0, 0.05) is 11.3 Å². The van der Waals surface area contributed by atoms with Crippen LogP contribution in [0.4, 0.5) is 5.69 Å². The quantitative estimate of drug-likeness (QED) is 0.824. The molecule has 0 aliphatic rings. The number of rotatable bonds is 6. The molecule has 0 saturated carbocycles. The molecule has 0 unspecified atom stereocenters. The highest BCUT2D eigenvalue weighted by Crippen LogP contribution is 2.19. The fourth-order valence-electron chi connectivity index (χ4n) is 2.22. The van der Waals surface area contributed by atoms with E-state index < -0.39 is 27.0 Å². The maximum absolute atomic E-state index is 12.4. The van der Waals surface area contributed by atoms with E-state index in [-0.39, 0.29) is 16.9 Å². The van der Waals surface area contributed by atoms with Gasteiger partial charge in [-0.1, -0.05) is 18.2 Å². The molecule has 0 aliphatic carbocycles. The van der Waals surface area contributed by atoms with Gasteiger partial charge in [0.1, 0.15) is 0 Å². The lowest BCUT2D eigenvalue weighted by molar-refractivity contribution is -0.136. The number of hydrogen-bond acceptors (Lipinski definition) is 4. The second kappa shape index (κ2) is 7.48. The Labute approximate surface area is 146 Å². The molecule has 2 aromatic rings. The molecule has 2 aromatic carbocycles. The molecule has 132 valence electrons. The van der Waals surface area contributed by atoms with Gasteiger partial charge in [-0.05, 0) is 49.7 Å². The van der Waals surface area contributed by atoms with E-state index in [0.717, 1.165) is 0 Å². The number of hydrogen-bond donors (Lipinski definition) is 2. The summed E-state index contributed by atoms with van der Waals surface area (Å²) in [5.74, 6) is -1.43. The maximum Gasteiger partial charge on any atom is 0.307 e. The Hall–Kier alpha value is -2.67. The van der Waals surface area contributed by atoms with Crippen LogP contribution >= 0.6 is 0 Å². The van der Waals surface area contributed by atoms with E-state index in [1.54, 1.807) is 38.1 Å². The van der Waals surface area contributed by atoms with Crippen LogP contribution in [0, 0.1) is 0 Å². The first-order valence-electron chi connectivity index (χ1n) is 7.66. The van der Waals surface area contributed by atoms with E-state index in [1.165, 1.54) is 24.3 Å². The van der Waals surface area contributed by atoms with Gasteiger partial charge < -0.3 is 10.4 Å². The van der Waals surface area contributed by atoms with Crippen molar-refractivity contribution in [3.63, 3.8) is 0 Å². The third-order valence-electron chi connectivity index (χ3n) is 3.59. The highest BCUT2D eigenvalue weighted by molar-refractivity contribution is 7.92. The van der Waals surface area contributed by atoms with Crippen LogP contribution in [0.15, 0.2) is 53.4 Å². The van der Waals surface area contributed by atoms with E-state index >= 15 is 0 Å². The normalized spacial score (nSPS) is 11.3. The standard InChI is InChI=1S/C18H19NO5S/c1-12(2)25(23,24)16-8-4-6-14(11-16)18(22)19-15-7-3-5-13(9-15)10-17(20)21/h3-9,11-12H,10H2,1-2H3,(H,19,22)(H,20,21). The Morgan fingerprint density at radius 2 is 1.76 bits per heavy atom. The van der Waals surface area contributed by atoms with Gasteiger partial charge in [0.15, 0.2) is 9.84 Å². The van der Waals surface area contributed by atoms with Gasteiger partial charge in [0.25, 0.3) is 5.91 Å². The molecule has 0 heterocycles. The molecule has 2 N–H and O–H groups in total. The minimum Gasteiger partial charge on any atom is -0.481 e. The number of sulfone groups is 1. The van der Waals surface area contributed by atoms with Crippen LogP contribution in [0.25, 0.3) is 0 Å². The monoisotopic (exact) mass is 361 g/mol. The van der Waals surface area contributed by atoms with Crippen molar-refractivity contribution in [2.24, 2.45) is 0 Å². The summed E-state index contributed by atoms with van der Waals surface area (Å²) >= 11 is 0. The zero-order chi connectivity index (χ0) is 18.6. The predicted octanol–water partition coefficient (Wildman–Crippen LogP) is 2.75. The topological polar surface area (TPSA) is 101 Å². The zero-order valence-corrected chi connectivity index (χ0v) is 14.7. The number of carbonyl (C=O) groups is 2. The van der Waals surface area contributed by atoms with E-state index in [9.17, 15) is 18.0 Å². The fourth-order valence-corrected chi connectivity index (χ4v) is 3.33. The number of carbonyl (C=O) groups excluding carboxylic acids is 1. The average Bonchev–Trinajstić information content (AvgIpc) is 2.54. The minimum absolute atomic E-state index is 0.0924. The fraction of sp³-hybridized carbons (Fsp3) is 0.222. The molecule has 6 nitrogen and oxygen atoms in total. The molecular weight excluding hydrogens is 342 g/mol. The number of carboxylic acid groups (broad SMARTS) is 1. The van der Waals surface area contributed by atoms with Gasteiger partial charge in [0.05, 0.1) is 16.6 Å². The Balaban J connectivity index is 2.23. The third kappa shape index (κ3) is 4.67. The first kappa shape index (κ1) is 18.7. The van der Waals surface area contributed by atoms with E-state index in [1.807, 2.05) is 0 Å². The van der Waals surface area contributed by atoms with Gasteiger partial charge in [0.2, 0.25) is 0 Å². The Kier molecular flexibility index (Phi) is 5.58. The Morgan fingerprint density at radius 1 is 1.08 bits per heavy atom. The average molecular weight is 361 g/mol. The first-order valence-corrected chi connectivity index (χ1v) is 9.21. The lowest BCUT2D eigenvalue weighted by Gasteiger charge is -2.10. The molecule has 25 heavy (non-hydrogen) atoms. The largest absolute Gasteiger partial charge is 0.481 e. The second-order valence-corrected chi connectivity index (χ2v) is 8.35. The third-order valence-corrected chi connectivity index (χ3v) is 5.74. The van der Waals surface area contributed by atoms with Crippen LogP contribution in [0.3, 0.4) is 0 Å². The molecule has 0 saturated heterocycles. The molecule has 0 bridgehead atoms. The van der Waals surface area contributed by atoms with Crippen molar-refractivity contribution in [2.45, 2.75) is 30.4 Å². The predicted molar refractivity (Wildman–Crippen MR) is 94.5 cm³/mol. The van der Waals surface area contributed by atoms with Crippen molar-refractivity contribution in [2.75, 3.05) is 5.32 Å². The molecule has 7 heteroatoms. The van der Waals surface area contributed by atoms with Gasteiger partial charge >= 0.3 is 5.97 Å². The Bertz CT molecular complexity index is 903. The van der Waals surface area contributed by atoms with Crippen LogP contribution in [-0.2, 0) is 21.1 Å².